The number of ether oxygens (including phenoxy) is 2. The number of hydrogen-bond donors (Lipinski definition) is 2. The predicted molar refractivity (Wildman–Crippen MR) is 77.9 cm³/mol. The molecule has 1 saturated heterocycles. The Bertz CT molecular complexity index is 537. The molecule has 126 valence electrons. The average molecular weight is 326 g/mol. The maximum Gasteiger partial charge on any atom is 0.348 e. The maximum absolute atomic E-state index is 13.4. The Kier molecular flexibility index (Phi) is 5.33. The molecule has 2 rings (SSSR count). The molecule has 1 aromatic rings. The fourth-order valence-corrected chi connectivity index (χ4v) is 2.53. The standard InChI is InChI=1S/C16H19FO6/c1-10-13(17)7-12(23-10)9-22-16(14(18)19,15(20)21)8-11-5-3-2-4-6-11/h2-6,10,12-13H,7-9H2,1H3,(H,18,19)(H,20,21). The molecule has 6 nitrogen and oxygen atoms in total. The van der Waals surface area contributed by atoms with Gasteiger partial charge in [0, 0.05) is 12.8 Å². The molecule has 0 bridgehead atoms. The van der Waals surface area contributed by atoms with Crippen LogP contribution in [0.2, 0.25) is 0 Å². The van der Waals surface area contributed by atoms with Gasteiger partial charge in [-0.05, 0) is 12.5 Å². The van der Waals surface area contributed by atoms with E-state index in [0.717, 1.165) is 0 Å². The molecule has 0 aromatic heterocycles. The third-order valence-corrected chi connectivity index (χ3v) is 3.91. The molecule has 2 N–H and O–H groups in total. The van der Waals surface area contributed by atoms with Gasteiger partial charge in [0.15, 0.2) is 0 Å². The van der Waals surface area contributed by atoms with Gasteiger partial charge in [0.05, 0.1) is 18.8 Å². The van der Waals surface area contributed by atoms with E-state index >= 15 is 0 Å². The third kappa shape index (κ3) is 3.86. The molecule has 0 aliphatic carbocycles. The first-order chi connectivity index (χ1) is 10.8. The minimum atomic E-state index is -2.43. The van der Waals surface area contributed by atoms with Crippen molar-refractivity contribution in [3.63, 3.8) is 0 Å². The van der Waals surface area contributed by atoms with Gasteiger partial charge in [-0.25, -0.2) is 14.0 Å². The number of rotatable bonds is 7. The van der Waals surface area contributed by atoms with E-state index in [1.165, 1.54) is 0 Å². The van der Waals surface area contributed by atoms with Crippen molar-refractivity contribution in [2.24, 2.45) is 0 Å². The molecule has 0 spiro atoms. The van der Waals surface area contributed by atoms with Crippen molar-refractivity contribution < 1.29 is 33.7 Å². The minimum Gasteiger partial charge on any atom is -0.479 e. The van der Waals surface area contributed by atoms with Crippen molar-refractivity contribution in [2.45, 2.75) is 43.7 Å². The lowest BCUT2D eigenvalue weighted by Crippen LogP contribution is -2.52. The zero-order chi connectivity index (χ0) is 17.0. The van der Waals surface area contributed by atoms with Crippen LogP contribution in [0.3, 0.4) is 0 Å². The van der Waals surface area contributed by atoms with E-state index in [0.29, 0.717) is 5.56 Å². The minimum absolute atomic E-state index is 0.0574. The molecule has 0 amide bonds. The number of halogens is 1. The number of alkyl halides is 1. The van der Waals surface area contributed by atoms with Crippen LogP contribution in [0.4, 0.5) is 4.39 Å². The largest absolute Gasteiger partial charge is 0.479 e. The number of carboxylic acid groups (broad SMARTS) is 2. The Labute approximate surface area is 132 Å². The van der Waals surface area contributed by atoms with E-state index in [1.54, 1.807) is 37.3 Å². The number of benzene rings is 1. The Morgan fingerprint density at radius 1 is 1.30 bits per heavy atom. The van der Waals surface area contributed by atoms with Crippen molar-refractivity contribution in [2.75, 3.05) is 6.61 Å². The summed E-state index contributed by atoms with van der Waals surface area (Å²) in [6, 6.07) is 8.34. The smallest absolute Gasteiger partial charge is 0.348 e. The van der Waals surface area contributed by atoms with Gasteiger partial charge in [-0.2, -0.15) is 0 Å². The molecular formula is C16H19FO6. The van der Waals surface area contributed by atoms with Crippen molar-refractivity contribution in [3.8, 4) is 0 Å². The summed E-state index contributed by atoms with van der Waals surface area (Å²) in [5, 5.41) is 18.8. The summed E-state index contributed by atoms with van der Waals surface area (Å²) in [5.74, 6) is -3.20. The molecule has 1 aromatic carbocycles. The zero-order valence-corrected chi connectivity index (χ0v) is 12.6. The third-order valence-electron chi connectivity index (χ3n) is 3.91. The van der Waals surface area contributed by atoms with E-state index in [2.05, 4.69) is 0 Å². The van der Waals surface area contributed by atoms with Gasteiger partial charge in [-0.15, -0.1) is 0 Å². The van der Waals surface area contributed by atoms with Crippen molar-refractivity contribution >= 4 is 11.9 Å². The number of aliphatic carboxylic acids is 2. The van der Waals surface area contributed by atoms with Crippen molar-refractivity contribution in [1.29, 1.82) is 0 Å². The van der Waals surface area contributed by atoms with Gasteiger partial charge in [-0.3, -0.25) is 0 Å². The van der Waals surface area contributed by atoms with Gasteiger partial charge >= 0.3 is 11.9 Å². The van der Waals surface area contributed by atoms with Crippen LogP contribution in [0, 0.1) is 0 Å². The quantitative estimate of drug-likeness (QED) is 0.740. The van der Waals surface area contributed by atoms with Gasteiger partial charge in [0.1, 0.15) is 6.17 Å². The van der Waals surface area contributed by atoms with Gasteiger partial charge in [0.2, 0.25) is 0 Å². The molecule has 0 radical (unpaired) electrons. The summed E-state index contributed by atoms with van der Waals surface area (Å²) in [7, 11) is 0. The molecule has 23 heavy (non-hydrogen) atoms. The molecule has 1 heterocycles. The molecule has 1 aliphatic rings. The molecule has 0 saturated carbocycles. The van der Waals surface area contributed by atoms with Crippen LogP contribution in [-0.4, -0.2) is 52.7 Å². The van der Waals surface area contributed by atoms with Crippen molar-refractivity contribution in [3.05, 3.63) is 35.9 Å². The Balaban J connectivity index is 2.14. The lowest BCUT2D eigenvalue weighted by Gasteiger charge is -2.26. The average Bonchev–Trinajstić information content (AvgIpc) is 2.82. The lowest BCUT2D eigenvalue weighted by molar-refractivity contribution is -0.187. The topological polar surface area (TPSA) is 93.1 Å². The summed E-state index contributed by atoms with van der Waals surface area (Å²) in [4.78, 5) is 23.2. The Hall–Kier alpha value is -1.99. The molecule has 1 fully saturated rings. The Morgan fingerprint density at radius 3 is 2.39 bits per heavy atom. The van der Waals surface area contributed by atoms with Crippen LogP contribution in [0.5, 0.6) is 0 Å². The summed E-state index contributed by atoms with van der Waals surface area (Å²) in [6.45, 7) is 1.27. The highest BCUT2D eigenvalue weighted by molar-refractivity contribution is 6.02. The SMILES string of the molecule is CC1OC(COC(Cc2ccccc2)(C(=O)O)C(=O)O)CC1F. The van der Waals surface area contributed by atoms with Crippen molar-refractivity contribution in [1.82, 2.24) is 0 Å². The van der Waals surface area contributed by atoms with Gasteiger partial charge in [0.25, 0.3) is 5.60 Å². The highest BCUT2D eigenvalue weighted by atomic mass is 19.1. The van der Waals surface area contributed by atoms with Crippen LogP contribution in [-0.2, 0) is 25.5 Å². The van der Waals surface area contributed by atoms with Crippen LogP contribution < -0.4 is 0 Å². The lowest BCUT2D eigenvalue weighted by atomic mass is 9.94. The summed E-state index contributed by atoms with van der Waals surface area (Å²) in [6.07, 6.45) is -2.71. The Morgan fingerprint density at radius 2 is 1.91 bits per heavy atom. The summed E-state index contributed by atoms with van der Waals surface area (Å²) < 4.78 is 24.0. The first kappa shape index (κ1) is 17.4. The normalized spacial score (nSPS) is 24.5. The van der Waals surface area contributed by atoms with Crippen LogP contribution >= 0.6 is 0 Å². The van der Waals surface area contributed by atoms with E-state index in [1.807, 2.05) is 0 Å². The van der Waals surface area contributed by atoms with E-state index in [-0.39, 0.29) is 19.4 Å². The highest BCUT2D eigenvalue weighted by Crippen LogP contribution is 2.26. The molecule has 7 heteroatoms. The number of hydrogen-bond acceptors (Lipinski definition) is 4. The molecule has 3 atom stereocenters. The summed E-state index contributed by atoms with van der Waals surface area (Å²) >= 11 is 0. The van der Waals surface area contributed by atoms with Crippen LogP contribution in [0.15, 0.2) is 30.3 Å². The van der Waals surface area contributed by atoms with Gasteiger partial charge in [-0.1, -0.05) is 30.3 Å². The summed E-state index contributed by atoms with van der Waals surface area (Å²) in [5.41, 5.74) is -1.91. The fraction of sp³-hybridized carbons (Fsp3) is 0.500. The predicted octanol–water partition coefficient (Wildman–Crippen LogP) is 1.67. The molecule has 1 aliphatic heterocycles. The molecule has 3 unspecified atom stereocenters. The zero-order valence-electron chi connectivity index (χ0n) is 12.6. The molecular weight excluding hydrogens is 307 g/mol. The first-order valence-corrected chi connectivity index (χ1v) is 7.29. The van der Waals surface area contributed by atoms with E-state index in [9.17, 15) is 24.2 Å². The van der Waals surface area contributed by atoms with Gasteiger partial charge < -0.3 is 19.7 Å². The highest BCUT2D eigenvalue weighted by Gasteiger charge is 2.49. The second-order valence-corrected chi connectivity index (χ2v) is 5.63. The fourth-order valence-electron chi connectivity index (χ4n) is 2.53. The second kappa shape index (κ2) is 7.06. The second-order valence-electron chi connectivity index (χ2n) is 5.63. The van der Waals surface area contributed by atoms with Crippen LogP contribution in [0.1, 0.15) is 18.9 Å². The maximum atomic E-state index is 13.4. The van der Waals surface area contributed by atoms with E-state index < -0.39 is 35.9 Å². The van der Waals surface area contributed by atoms with E-state index in [4.69, 9.17) is 9.47 Å². The van der Waals surface area contributed by atoms with Crippen LogP contribution in [0.25, 0.3) is 0 Å². The number of carbonyl (C=O) groups is 2. The number of carboxylic acids is 2. The monoisotopic (exact) mass is 326 g/mol. The first-order valence-electron chi connectivity index (χ1n) is 7.29.